The SMILES string of the molecule is CCCc1ccc(-c2cccc3c2C=C(C2CCCC2)[CH]3[Ti+2]2([CH]3C(C4CCCC4)=Cc4c(-c5ccc(CCC)cc5)cccc43)[CH2]C[CH2]2)cc1.[Cl-].[Cl-]. The Morgan fingerprint density at radius 3 is 1.25 bits per heavy atom. The first-order valence-electron chi connectivity index (χ1n) is 20.6. The Morgan fingerprint density at radius 1 is 0.500 bits per heavy atom. The molecule has 9 rings (SSSR count). The van der Waals surface area contributed by atoms with E-state index in [1.807, 2.05) is 11.1 Å². The monoisotopic (exact) mass is 762 g/mol. The van der Waals surface area contributed by atoms with Gasteiger partial charge in [-0.2, -0.15) is 0 Å². The first-order chi connectivity index (χ1) is 24.7. The number of rotatable bonds is 10. The van der Waals surface area contributed by atoms with Gasteiger partial charge in [-0.3, -0.25) is 0 Å². The van der Waals surface area contributed by atoms with Crippen LogP contribution >= 0.6 is 0 Å². The number of hydrogen-bond acceptors (Lipinski definition) is 0. The summed E-state index contributed by atoms with van der Waals surface area (Å²) in [6.07, 6.45) is 23.0. The second-order valence-electron chi connectivity index (χ2n) is 16.7. The van der Waals surface area contributed by atoms with Gasteiger partial charge in [-0.1, -0.05) is 0 Å². The number of benzene rings is 4. The van der Waals surface area contributed by atoms with Crippen molar-refractivity contribution in [2.24, 2.45) is 11.8 Å². The van der Waals surface area contributed by atoms with E-state index < -0.39 is 16.6 Å². The average molecular weight is 764 g/mol. The van der Waals surface area contributed by atoms with Crippen molar-refractivity contribution in [2.45, 2.75) is 115 Å². The van der Waals surface area contributed by atoms with Gasteiger partial charge in [0.1, 0.15) is 0 Å². The third-order valence-electron chi connectivity index (χ3n) is 13.9. The summed E-state index contributed by atoms with van der Waals surface area (Å²) >= 11 is -2.61. The van der Waals surface area contributed by atoms with Crippen molar-refractivity contribution in [3.05, 3.63) is 129 Å². The van der Waals surface area contributed by atoms with Gasteiger partial charge in [0.2, 0.25) is 0 Å². The van der Waals surface area contributed by atoms with Crippen LogP contribution in [-0.2, 0) is 29.4 Å². The van der Waals surface area contributed by atoms with Crippen LogP contribution in [-0.4, -0.2) is 0 Å². The smallest absolute Gasteiger partial charge is 1.00 e. The molecular formula is C49H56Cl2Ti. The molecule has 2 unspecified atom stereocenters. The van der Waals surface area contributed by atoms with E-state index in [1.165, 1.54) is 126 Å². The van der Waals surface area contributed by atoms with Gasteiger partial charge in [0.25, 0.3) is 0 Å². The van der Waals surface area contributed by atoms with Crippen LogP contribution in [0, 0.1) is 11.8 Å². The molecule has 0 nitrogen and oxygen atoms in total. The number of fused-ring (bicyclic) bond motifs is 2. The van der Waals surface area contributed by atoms with Crippen LogP contribution < -0.4 is 24.8 Å². The van der Waals surface area contributed by atoms with Crippen LogP contribution in [0.1, 0.15) is 126 Å². The maximum Gasteiger partial charge on any atom is -1.00 e. The van der Waals surface area contributed by atoms with Crippen LogP contribution in [0.2, 0.25) is 9.45 Å². The fourth-order valence-electron chi connectivity index (χ4n) is 11.5. The summed E-state index contributed by atoms with van der Waals surface area (Å²) in [5.41, 5.74) is 19.1. The Labute approximate surface area is 330 Å². The molecule has 4 aromatic carbocycles. The van der Waals surface area contributed by atoms with E-state index in [2.05, 4.69) is 111 Å². The van der Waals surface area contributed by atoms with E-state index in [0.29, 0.717) is 8.45 Å². The first-order valence-corrected chi connectivity index (χ1v) is 24.6. The van der Waals surface area contributed by atoms with Gasteiger partial charge in [0.15, 0.2) is 0 Å². The van der Waals surface area contributed by atoms with E-state index in [4.69, 9.17) is 0 Å². The van der Waals surface area contributed by atoms with Crippen LogP contribution in [0.15, 0.2) is 96.1 Å². The topological polar surface area (TPSA) is 0 Å². The molecule has 4 aromatic rings. The molecule has 2 saturated carbocycles. The predicted molar refractivity (Wildman–Crippen MR) is 211 cm³/mol. The quantitative estimate of drug-likeness (QED) is 0.143. The summed E-state index contributed by atoms with van der Waals surface area (Å²) in [7, 11) is 0. The van der Waals surface area contributed by atoms with E-state index in [0.717, 1.165) is 11.8 Å². The second-order valence-corrected chi connectivity index (χ2v) is 23.9. The van der Waals surface area contributed by atoms with Gasteiger partial charge >= 0.3 is 308 Å². The molecular weight excluding hydrogens is 707 g/mol. The van der Waals surface area contributed by atoms with Crippen molar-refractivity contribution < 1.29 is 41.4 Å². The van der Waals surface area contributed by atoms with Crippen molar-refractivity contribution in [1.29, 1.82) is 0 Å². The number of hydrogen-bond donors (Lipinski definition) is 0. The molecule has 52 heavy (non-hydrogen) atoms. The van der Waals surface area contributed by atoms with Gasteiger partial charge in [0, 0.05) is 0 Å². The molecule has 0 radical (unpaired) electrons. The Kier molecular flexibility index (Phi) is 11.8. The molecule has 1 saturated heterocycles. The molecule has 1 aliphatic heterocycles. The minimum atomic E-state index is -2.61. The summed E-state index contributed by atoms with van der Waals surface area (Å²) in [6.45, 7) is 4.58. The molecule has 2 atom stereocenters. The van der Waals surface area contributed by atoms with Gasteiger partial charge in [-0.05, 0) is 0 Å². The minimum Gasteiger partial charge on any atom is -1.00 e. The van der Waals surface area contributed by atoms with Crippen LogP contribution in [0.25, 0.3) is 34.4 Å². The van der Waals surface area contributed by atoms with Crippen molar-refractivity contribution in [3.63, 3.8) is 0 Å². The minimum absolute atomic E-state index is 0. The molecule has 0 aromatic heterocycles. The van der Waals surface area contributed by atoms with Crippen LogP contribution in [0.5, 0.6) is 0 Å². The maximum absolute atomic E-state index is 2.79. The van der Waals surface area contributed by atoms with Gasteiger partial charge in [-0.25, -0.2) is 0 Å². The zero-order valence-corrected chi connectivity index (χ0v) is 34.5. The molecule has 0 amide bonds. The average Bonchev–Trinajstić information content (AvgIpc) is 3.96. The maximum atomic E-state index is 2.79. The zero-order valence-electron chi connectivity index (χ0n) is 31.4. The summed E-state index contributed by atoms with van der Waals surface area (Å²) in [5.74, 6) is 1.56. The fourth-order valence-corrected chi connectivity index (χ4v) is 21.4. The van der Waals surface area contributed by atoms with Crippen molar-refractivity contribution in [3.8, 4) is 22.3 Å². The van der Waals surface area contributed by atoms with E-state index >= 15 is 0 Å². The van der Waals surface area contributed by atoms with Gasteiger partial charge in [0.05, 0.1) is 0 Å². The summed E-state index contributed by atoms with van der Waals surface area (Å²) < 4.78 is 4.49. The molecule has 0 bridgehead atoms. The van der Waals surface area contributed by atoms with Crippen molar-refractivity contribution >= 4 is 12.2 Å². The normalized spacial score (nSPS) is 21.2. The third kappa shape index (κ3) is 6.57. The second kappa shape index (κ2) is 16.2. The molecule has 1 heterocycles. The van der Waals surface area contributed by atoms with Gasteiger partial charge in [-0.15, -0.1) is 0 Å². The largest absolute Gasteiger partial charge is 1.00 e. The molecule has 3 fully saturated rings. The Balaban J connectivity index is 0.00000210. The zero-order chi connectivity index (χ0) is 33.7. The molecule has 0 spiro atoms. The van der Waals surface area contributed by atoms with Crippen LogP contribution in [0.4, 0.5) is 0 Å². The summed E-state index contributed by atoms with van der Waals surface area (Å²) in [5, 5.41) is 0. The number of aryl methyl sites for hydroxylation is 2. The molecule has 0 N–H and O–H groups in total. The Bertz CT molecular complexity index is 1780. The number of allylic oxidation sites excluding steroid dienone is 2. The number of halogens is 2. The van der Waals surface area contributed by atoms with E-state index in [-0.39, 0.29) is 24.8 Å². The molecule has 3 heteroatoms. The summed E-state index contributed by atoms with van der Waals surface area (Å²) in [6, 6.07) is 34.2. The molecule has 4 aliphatic carbocycles. The fraction of sp³-hybridized carbons (Fsp3) is 0.429. The summed E-state index contributed by atoms with van der Waals surface area (Å²) in [4.78, 5) is 0. The Hall–Kier alpha value is -2.35. The van der Waals surface area contributed by atoms with Crippen LogP contribution in [0.3, 0.4) is 0 Å². The first kappa shape index (κ1) is 37.9. The molecule has 270 valence electrons. The van der Waals surface area contributed by atoms with Crippen molar-refractivity contribution in [1.82, 2.24) is 0 Å². The van der Waals surface area contributed by atoms with E-state index in [1.54, 1.807) is 22.3 Å². The predicted octanol–water partition coefficient (Wildman–Crippen LogP) is 8.28. The van der Waals surface area contributed by atoms with Gasteiger partial charge < -0.3 is 24.8 Å². The Morgan fingerprint density at radius 2 is 0.904 bits per heavy atom. The van der Waals surface area contributed by atoms with Crippen molar-refractivity contribution in [2.75, 3.05) is 0 Å². The third-order valence-corrected chi connectivity index (χ3v) is 23.5. The van der Waals surface area contributed by atoms with E-state index in [9.17, 15) is 0 Å². The molecule has 5 aliphatic rings. The standard InChI is InChI=1S/2C23H25.C3H6.2ClH.Ti/c2*1-2-6-17-11-13-19(14-12-17)22-10-5-9-20-15-21(16-23(20)22)18-7-3-4-8-18;1-3-2;;;/h2*5,9-16,18H,2-4,6-8H2,1H3;1-3H2;2*1H;/q;;;;;+2/p-2.